The first-order chi connectivity index (χ1) is 14.2. The Hall–Kier alpha value is -3.31. The molecule has 146 valence electrons. The topological polar surface area (TPSA) is 56.2 Å². The maximum Gasteiger partial charge on any atom is 0.253 e. The summed E-state index contributed by atoms with van der Waals surface area (Å²) in [4.78, 5) is 17.2. The van der Waals surface area contributed by atoms with E-state index in [1.807, 2.05) is 54.6 Å². The molecule has 0 aliphatic rings. The Labute approximate surface area is 173 Å². The second kappa shape index (κ2) is 8.80. The first-order valence-corrected chi connectivity index (χ1v) is 9.75. The highest BCUT2D eigenvalue weighted by Crippen LogP contribution is 2.18. The molecule has 0 atom stereocenters. The van der Waals surface area contributed by atoms with Crippen LogP contribution in [0, 0.1) is 0 Å². The molecule has 1 N–H and O–H groups in total. The molecular formula is C23H20ClN3O2. The van der Waals surface area contributed by atoms with Crippen LogP contribution in [-0.4, -0.2) is 22.1 Å². The molecule has 6 heteroatoms. The summed E-state index contributed by atoms with van der Waals surface area (Å²) >= 11 is 6.12. The minimum Gasteiger partial charge on any atom is -0.492 e. The molecule has 1 amide bonds. The number of halogens is 1. The number of imidazole rings is 1. The van der Waals surface area contributed by atoms with Crippen molar-refractivity contribution in [1.82, 2.24) is 14.9 Å². The van der Waals surface area contributed by atoms with Gasteiger partial charge in [-0.25, -0.2) is 4.98 Å². The summed E-state index contributed by atoms with van der Waals surface area (Å²) in [6, 6.07) is 24.6. The molecule has 1 heterocycles. The Kier molecular flexibility index (Phi) is 5.77. The van der Waals surface area contributed by atoms with Gasteiger partial charge in [-0.1, -0.05) is 54.1 Å². The molecule has 3 aromatic carbocycles. The zero-order valence-corrected chi connectivity index (χ0v) is 16.5. The minimum absolute atomic E-state index is 0.227. The normalized spacial score (nSPS) is 10.8. The lowest BCUT2D eigenvalue weighted by atomic mass is 10.2. The van der Waals surface area contributed by atoms with Crippen molar-refractivity contribution < 1.29 is 9.53 Å². The molecule has 29 heavy (non-hydrogen) atoms. The van der Waals surface area contributed by atoms with E-state index >= 15 is 0 Å². The summed E-state index contributed by atoms with van der Waals surface area (Å²) in [6.07, 6.45) is 0. The molecule has 0 fully saturated rings. The summed E-state index contributed by atoms with van der Waals surface area (Å²) in [5.74, 6) is 1.36. The van der Waals surface area contributed by atoms with Crippen LogP contribution in [0.3, 0.4) is 0 Å². The number of aromatic nitrogens is 2. The van der Waals surface area contributed by atoms with Crippen LogP contribution in [0.2, 0.25) is 5.02 Å². The highest BCUT2D eigenvalue weighted by molar-refractivity contribution is 6.33. The zero-order chi connectivity index (χ0) is 20.1. The van der Waals surface area contributed by atoms with Crippen LogP contribution in [0.1, 0.15) is 16.2 Å². The van der Waals surface area contributed by atoms with Crippen LogP contribution in [0.15, 0.2) is 78.9 Å². The van der Waals surface area contributed by atoms with Crippen molar-refractivity contribution in [1.29, 1.82) is 0 Å². The first-order valence-electron chi connectivity index (χ1n) is 9.37. The summed E-state index contributed by atoms with van der Waals surface area (Å²) in [7, 11) is 0. The van der Waals surface area contributed by atoms with Gasteiger partial charge in [0.25, 0.3) is 5.91 Å². The van der Waals surface area contributed by atoms with Gasteiger partial charge in [-0.2, -0.15) is 0 Å². The lowest BCUT2D eigenvalue weighted by molar-refractivity contribution is 0.0949. The van der Waals surface area contributed by atoms with Gasteiger partial charge in [0.15, 0.2) is 0 Å². The van der Waals surface area contributed by atoms with E-state index in [2.05, 4.69) is 14.9 Å². The molecule has 0 saturated heterocycles. The van der Waals surface area contributed by atoms with Crippen LogP contribution in [-0.2, 0) is 13.1 Å². The van der Waals surface area contributed by atoms with Gasteiger partial charge in [0.05, 0.1) is 34.7 Å². The maximum atomic E-state index is 12.5. The third-order valence-corrected chi connectivity index (χ3v) is 4.92. The Morgan fingerprint density at radius 2 is 1.69 bits per heavy atom. The fourth-order valence-electron chi connectivity index (χ4n) is 3.18. The molecule has 1 aromatic heterocycles. The Balaban J connectivity index is 1.50. The molecule has 0 aliphatic carbocycles. The van der Waals surface area contributed by atoms with Crippen molar-refractivity contribution in [3.63, 3.8) is 0 Å². The number of para-hydroxylation sites is 3. The number of hydrogen-bond acceptors (Lipinski definition) is 3. The summed E-state index contributed by atoms with van der Waals surface area (Å²) in [5, 5.41) is 3.34. The van der Waals surface area contributed by atoms with Crippen molar-refractivity contribution in [2.24, 2.45) is 0 Å². The Morgan fingerprint density at radius 1 is 0.966 bits per heavy atom. The molecule has 4 aromatic rings. The molecule has 0 bridgehead atoms. The number of carbonyl (C=O) groups is 1. The number of fused-ring (bicyclic) bond motifs is 1. The van der Waals surface area contributed by atoms with Crippen molar-refractivity contribution in [3.05, 3.63) is 95.3 Å². The maximum absolute atomic E-state index is 12.5. The molecule has 0 aliphatic heterocycles. The molecule has 4 rings (SSSR count). The van der Waals surface area contributed by atoms with E-state index in [9.17, 15) is 4.79 Å². The van der Waals surface area contributed by atoms with Crippen LogP contribution >= 0.6 is 11.6 Å². The van der Waals surface area contributed by atoms with E-state index in [4.69, 9.17) is 16.3 Å². The summed E-state index contributed by atoms with van der Waals surface area (Å²) < 4.78 is 7.92. The fraction of sp³-hybridized carbons (Fsp3) is 0.130. The van der Waals surface area contributed by atoms with E-state index in [0.29, 0.717) is 30.3 Å². The number of carbonyl (C=O) groups excluding carboxylic acids is 1. The predicted octanol–water partition coefficient (Wildman–Crippen LogP) is 4.70. The Morgan fingerprint density at radius 3 is 2.52 bits per heavy atom. The second-order valence-corrected chi connectivity index (χ2v) is 6.90. The van der Waals surface area contributed by atoms with E-state index in [1.165, 1.54) is 0 Å². The number of hydrogen-bond donors (Lipinski definition) is 1. The highest BCUT2D eigenvalue weighted by atomic mass is 35.5. The lowest BCUT2D eigenvalue weighted by Gasteiger charge is -2.12. The molecule has 0 radical (unpaired) electrons. The van der Waals surface area contributed by atoms with Crippen LogP contribution in [0.5, 0.6) is 5.75 Å². The van der Waals surface area contributed by atoms with E-state index in [0.717, 1.165) is 22.6 Å². The lowest BCUT2D eigenvalue weighted by Crippen LogP contribution is -2.25. The predicted molar refractivity (Wildman–Crippen MR) is 114 cm³/mol. The van der Waals surface area contributed by atoms with Crippen molar-refractivity contribution in [3.8, 4) is 5.75 Å². The van der Waals surface area contributed by atoms with Crippen molar-refractivity contribution in [2.45, 2.75) is 13.1 Å². The first kappa shape index (κ1) is 19.0. The molecule has 5 nitrogen and oxygen atoms in total. The van der Waals surface area contributed by atoms with E-state index in [-0.39, 0.29) is 5.91 Å². The number of rotatable bonds is 7. The fourth-order valence-corrected chi connectivity index (χ4v) is 3.40. The van der Waals surface area contributed by atoms with Gasteiger partial charge in [0.1, 0.15) is 18.2 Å². The van der Waals surface area contributed by atoms with Crippen LogP contribution in [0.25, 0.3) is 11.0 Å². The van der Waals surface area contributed by atoms with Gasteiger partial charge in [-0.05, 0) is 36.4 Å². The monoisotopic (exact) mass is 405 g/mol. The van der Waals surface area contributed by atoms with Gasteiger partial charge < -0.3 is 14.6 Å². The van der Waals surface area contributed by atoms with Gasteiger partial charge >= 0.3 is 0 Å². The molecule has 0 saturated carbocycles. The molecule has 0 unspecified atom stereocenters. The average molecular weight is 406 g/mol. The third-order valence-electron chi connectivity index (χ3n) is 4.59. The summed E-state index contributed by atoms with van der Waals surface area (Å²) in [5.41, 5.74) is 2.34. The molecular weight excluding hydrogens is 386 g/mol. The van der Waals surface area contributed by atoms with Gasteiger partial charge in [0.2, 0.25) is 0 Å². The average Bonchev–Trinajstić information content (AvgIpc) is 3.11. The van der Waals surface area contributed by atoms with Crippen LogP contribution < -0.4 is 10.1 Å². The largest absolute Gasteiger partial charge is 0.492 e. The number of nitrogens with one attached hydrogen (secondary N) is 1. The van der Waals surface area contributed by atoms with Crippen molar-refractivity contribution >= 4 is 28.5 Å². The van der Waals surface area contributed by atoms with Gasteiger partial charge in [-0.15, -0.1) is 0 Å². The quantitative estimate of drug-likeness (QED) is 0.485. The van der Waals surface area contributed by atoms with E-state index in [1.54, 1.807) is 24.3 Å². The smallest absolute Gasteiger partial charge is 0.253 e. The standard InChI is InChI=1S/C23H20ClN3O2/c24-19-11-5-4-10-18(19)23(28)25-16-22-26-20-12-6-7-13-21(20)27(22)14-15-29-17-8-2-1-3-9-17/h1-13H,14-16H2,(H,25,28). The number of amides is 1. The number of nitrogens with zero attached hydrogens (tertiary/aromatic N) is 2. The van der Waals surface area contributed by atoms with Crippen LogP contribution in [0.4, 0.5) is 0 Å². The molecule has 0 spiro atoms. The number of ether oxygens (including phenoxy) is 1. The SMILES string of the molecule is O=C(NCc1nc2ccccc2n1CCOc1ccccc1)c1ccccc1Cl. The number of benzene rings is 3. The third kappa shape index (κ3) is 4.41. The summed E-state index contributed by atoms with van der Waals surface area (Å²) in [6.45, 7) is 1.41. The minimum atomic E-state index is -0.227. The van der Waals surface area contributed by atoms with Gasteiger partial charge in [0, 0.05) is 0 Å². The van der Waals surface area contributed by atoms with Gasteiger partial charge in [-0.3, -0.25) is 4.79 Å². The van der Waals surface area contributed by atoms with Crippen molar-refractivity contribution in [2.75, 3.05) is 6.61 Å². The highest BCUT2D eigenvalue weighted by Gasteiger charge is 2.14. The Bertz CT molecular complexity index is 1130. The zero-order valence-electron chi connectivity index (χ0n) is 15.7. The van der Waals surface area contributed by atoms with E-state index < -0.39 is 0 Å². The second-order valence-electron chi connectivity index (χ2n) is 6.49.